The molecule has 0 atom stereocenters. The van der Waals surface area contributed by atoms with E-state index in [1.165, 1.54) is 0 Å². The van der Waals surface area contributed by atoms with Gasteiger partial charge < -0.3 is 14.2 Å². The van der Waals surface area contributed by atoms with Crippen LogP contribution in [0.1, 0.15) is 5.56 Å². The summed E-state index contributed by atoms with van der Waals surface area (Å²) in [7, 11) is 0. The van der Waals surface area contributed by atoms with E-state index in [-0.39, 0.29) is 19.3 Å². The second-order valence-corrected chi connectivity index (χ2v) is 5.58. The minimum atomic E-state index is -0.578. The summed E-state index contributed by atoms with van der Waals surface area (Å²) in [5, 5.41) is 11.6. The third kappa shape index (κ3) is 6.99. The lowest BCUT2D eigenvalue weighted by Gasteiger charge is -2.04. The summed E-state index contributed by atoms with van der Waals surface area (Å²) in [6.45, 7) is 0.267. The minimum absolute atomic E-state index is 0.0130. The first-order valence-corrected chi connectivity index (χ1v) is 8.54. The molecule has 2 aromatic rings. The van der Waals surface area contributed by atoms with Gasteiger partial charge in [0, 0.05) is 16.8 Å². The van der Waals surface area contributed by atoms with Gasteiger partial charge in [-0.1, -0.05) is 29.5 Å². The number of carbonyl (C=O) groups excluding carboxylic acids is 1. The summed E-state index contributed by atoms with van der Waals surface area (Å²) in [5.74, 6) is 6.73. The average Bonchev–Trinajstić information content (AvgIpc) is 3.13. The number of anilines is 1. The molecular formula is C19H14Cl2N2O4. The van der Waals surface area contributed by atoms with E-state index in [4.69, 9.17) is 42.7 Å². The SMILES string of the molecule is N#Cc1ccc2c(c1)OCO2.O=C(Nc1cccc(Cl)c1)OCC#CCCl. The monoisotopic (exact) mass is 404 g/mol. The fraction of sp³-hybridized carbons (Fsp3) is 0.158. The van der Waals surface area contributed by atoms with E-state index in [9.17, 15) is 4.79 Å². The van der Waals surface area contributed by atoms with Gasteiger partial charge in [0.05, 0.1) is 17.5 Å². The highest BCUT2D eigenvalue weighted by Gasteiger charge is 2.12. The molecule has 0 saturated heterocycles. The van der Waals surface area contributed by atoms with Gasteiger partial charge in [-0.15, -0.1) is 11.6 Å². The summed E-state index contributed by atoms with van der Waals surface area (Å²) in [5.41, 5.74) is 1.16. The number of benzene rings is 2. The molecule has 8 heteroatoms. The highest BCUT2D eigenvalue weighted by Crippen LogP contribution is 2.32. The molecule has 2 aromatic carbocycles. The molecule has 0 bridgehead atoms. The number of rotatable bonds is 2. The Bertz CT molecular complexity index is 901. The van der Waals surface area contributed by atoms with E-state index in [0.29, 0.717) is 27.8 Å². The molecule has 0 saturated carbocycles. The van der Waals surface area contributed by atoms with Crippen LogP contribution in [0.15, 0.2) is 42.5 Å². The summed E-state index contributed by atoms with van der Waals surface area (Å²) >= 11 is 11.1. The number of nitriles is 1. The number of alkyl halides is 1. The number of carbonyl (C=O) groups is 1. The molecule has 1 amide bonds. The van der Waals surface area contributed by atoms with E-state index < -0.39 is 6.09 Å². The fourth-order valence-electron chi connectivity index (χ4n) is 1.89. The zero-order chi connectivity index (χ0) is 19.5. The lowest BCUT2D eigenvalue weighted by Crippen LogP contribution is -2.13. The molecule has 0 aromatic heterocycles. The molecule has 1 aliphatic rings. The van der Waals surface area contributed by atoms with Crippen molar-refractivity contribution in [2.24, 2.45) is 0 Å². The van der Waals surface area contributed by atoms with Crippen LogP contribution in [0.25, 0.3) is 0 Å². The van der Waals surface area contributed by atoms with E-state index in [0.717, 1.165) is 0 Å². The molecule has 1 N–H and O–H groups in total. The Kier molecular flexibility index (Phi) is 8.12. The van der Waals surface area contributed by atoms with Crippen LogP contribution in [0.3, 0.4) is 0 Å². The Morgan fingerprint density at radius 3 is 2.74 bits per heavy atom. The molecule has 1 aliphatic heterocycles. The van der Waals surface area contributed by atoms with Crippen LogP contribution in [0.2, 0.25) is 5.02 Å². The molecule has 0 spiro atoms. The topological polar surface area (TPSA) is 80.6 Å². The van der Waals surface area contributed by atoms with Crippen molar-refractivity contribution in [2.75, 3.05) is 24.6 Å². The second-order valence-electron chi connectivity index (χ2n) is 4.88. The zero-order valence-corrected chi connectivity index (χ0v) is 15.5. The van der Waals surface area contributed by atoms with E-state index >= 15 is 0 Å². The van der Waals surface area contributed by atoms with Crippen LogP contribution in [0.5, 0.6) is 11.5 Å². The summed E-state index contributed by atoms with van der Waals surface area (Å²) < 4.78 is 14.9. The molecule has 1 heterocycles. The molecule has 0 unspecified atom stereocenters. The second kappa shape index (κ2) is 10.8. The van der Waals surface area contributed by atoms with Gasteiger partial charge >= 0.3 is 6.09 Å². The Labute approximate surface area is 166 Å². The lowest BCUT2D eigenvalue weighted by atomic mass is 10.2. The summed E-state index contributed by atoms with van der Waals surface area (Å²) in [6, 6.07) is 13.9. The predicted molar refractivity (Wildman–Crippen MR) is 102 cm³/mol. The molecule has 3 rings (SSSR count). The average molecular weight is 405 g/mol. The molecule has 6 nitrogen and oxygen atoms in total. The van der Waals surface area contributed by atoms with Crippen LogP contribution in [-0.2, 0) is 4.74 Å². The maximum Gasteiger partial charge on any atom is 0.412 e. The first-order valence-electron chi connectivity index (χ1n) is 7.63. The Morgan fingerprint density at radius 2 is 2.00 bits per heavy atom. The third-order valence-electron chi connectivity index (χ3n) is 3.04. The normalized spacial score (nSPS) is 10.4. The van der Waals surface area contributed by atoms with Crippen LogP contribution in [0.4, 0.5) is 10.5 Å². The number of amides is 1. The molecule has 0 radical (unpaired) electrons. The summed E-state index contributed by atoms with van der Waals surface area (Å²) in [6.07, 6.45) is -0.578. The molecular weight excluding hydrogens is 391 g/mol. The number of ether oxygens (including phenoxy) is 3. The van der Waals surface area contributed by atoms with Crippen LogP contribution >= 0.6 is 23.2 Å². The molecule has 0 aliphatic carbocycles. The van der Waals surface area contributed by atoms with Crippen molar-refractivity contribution < 1.29 is 19.0 Å². The van der Waals surface area contributed by atoms with Crippen molar-refractivity contribution in [3.8, 4) is 29.4 Å². The maximum absolute atomic E-state index is 11.2. The summed E-state index contributed by atoms with van der Waals surface area (Å²) in [4.78, 5) is 11.2. The van der Waals surface area contributed by atoms with Gasteiger partial charge in [-0.05, 0) is 30.3 Å². The first kappa shape index (κ1) is 20.3. The highest BCUT2D eigenvalue weighted by atomic mass is 35.5. The van der Waals surface area contributed by atoms with Crippen molar-refractivity contribution in [3.05, 3.63) is 53.1 Å². The van der Waals surface area contributed by atoms with Gasteiger partial charge in [-0.3, -0.25) is 5.32 Å². The van der Waals surface area contributed by atoms with Crippen molar-refractivity contribution in [1.29, 1.82) is 5.26 Å². The lowest BCUT2D eigenvalue weighted by molar-refractivity contribution is 0.174. The smallest absolute Gasteiger partial charge is 0.412 e. The Balaban J connectivity index is 0.000000206. The fourth-order valence-corrected chi connectivity index (χ4v) is 2.17. The van der Waals surface area contributed by atoms with Crippen LogP contribution in [0, 0.1) is 23.2 Å². The number of fused-ring (bicyclic) bond motifs is 1. The van der Waals surface area contributed by atoms with Crippen LogP contribution in [-0.4, -0.2) is 25.4 Å². The molecule has 138 valence electrons. The van der Waals surface area contributed by atoms with E-state index in [2.05, 4.69) is 17.2 Å². The number of nitrogens with zero attached hydrogens (tertiary/aromatic N) is 1. The Hall–Kier alpha value is -3.06. The van der Waals surface area contributed by atoms with Gasteiger partial charge in [0.1, 0.15) is 0 Å². The quantitative estimate of drug-likeness (QED) is 0.591. The van der Waals surface area contributed by atoms with E-state index in [1.54, 1.807) is 42.5 Å². The number of halogens is 2. The largest absolute Gasteiger partial charge is 0.454 e. The number of nitrogens with one attached hydrogen (secondary N) is 1. The predicted octanol–water partition coefficient (Wildman–Crippen LogP) is 4.42. The first-order chi connectivity index (χ1) is 13.1. The zero-order valence-electron chi connectivity index (χ0n) is 14.0. The number of hydrogen-bond donors (Lipinski definition) is 1. The van der Waals surface area contributed by atoms with Gasteiger partial charge in [0.15, 0.2) is 18.1 Å². The highest BCUT2D eigenvalue weighted by molar-refractivity contribution is 6.30. The van der Waals surface area contributed by atoms with Gasteiger partial charge in [0.25, 0.3) is 0 Å². The van der Waals surface area contributed by atoms with E-state index in [1.807, 2.05) is 6.07 Å². The minimum Gasteiger partial charge on any atom is -0.454 e. The van der Waals surface area contributed by atoms with Crippen molar-refractivity contribution in [1.82, 2.24) is 0 Å². The van der Waals surface area contributed by atoms with Crippen LogP contribution < -0.4 is 14.8 Å². The Morgan fingerprint density at radius 1 is 1.19 bits per heavy atom. The third-order valence-corrected chi connectivity index (χ3v) is 3.41. The van der Waals surface area contributed by atoms with Crippen molar-refractivity contribution >= 4 is 35.0 Å². The molecule has 27 heavy (non-hydrogen) atoms. The van der Waals surface area contributed by atoms with Crippen molar-refractivity contribution in [2.45, 2.75) is 0 Å². The molecule has 0 fully saturated rings. The van der Waals surface area contributed by atoms with Gasteiger partial charge in [-0.2, -0.15) is 5.26 Å². The van der Waals surface area contributed by atoms with Gasteiger partial charge in [0.2, 0.25) is 6.79 Å². The standard InChI is InChI=1S/C11H9Cl2NO2.C8H5NO2/c12-6-1-2-7-16-11(15)14-10-5-3-4-9(13)8-10;9-4-6-1-2-7-8(3-6)11-5-10-7/h3-5,8H,6-7H2,(H,14,15);1-3H,5H2. The maximum atomic E-state index is 11.2. The van der Waals surface area contributed by atoms with Gasteiger partial charge in [-0.25, -0.2) is 4.79 Å². The van der Waals surface area contributed by atoms with Crippen molar-refractivity contribution in [3.63, 3.8) is 0 Å². The number of hydrogen-bond acceptors (Lipinski definition) is 5.